The number of rotatable bonds is 2. The number of amides is 1. The lowest BCUT2D eigenvalue weighted by Gasteiger charge is -2.52. The van der Waals surface area contributed by atoms with Crippen LogP contribution in [0.1, 0.15) is 48.0 Å². The SMILES string of the molecule is Nc1ccc(C(=O)N2CC[C@](O)(c3ccccc3)[C@@H]3CCCC[C@H]32)cn1. The average Bonchev–Trinajstić information content (AvgIpc) is 2.69. The van der Waals surface area contributed by atoms with Gasteiger partial charge >= 0.3 is 0 Å². The Labute approximate surface area is 153 Å². The monoisotopic (exact) mass is 351 g/mol. The number of carbonyl (C=O) groups excluding carboxylic acids is 1. The number of fused-ring (bicyclic) bond motifs is 1. The zero-order chi connectivity index (χ0) is 18.1. The molecule has 1 aliphatic heterocycles. The number of likely N-dealkylation sites (tertiary alicyclic amines) is 1. The molecule has 1 aliphatic carbocycles. The van der Waals surface area contributed by atoms with Gasteiger partial charge in [0.2, 0.25) is 0 Å². The first kappa shape index (κ1) is 17.0. The summed E-state index contributed by atoms with van der Waals surface area (Å²) in [7, 11) is 0. The standard InChI is InChI=1S/C21H25N3O2/c22-19-11-10-15(14-23-19)20(25)24-13-12-21(26,16-6-2-1-3-7-16)17-8-4-5-9-18(17)24/h1-3,6-7,10-11,14,17-18,26H,4-5,8-9,12-13H2,(H2,22,23)/t17-,18-,21+/m1/s1. The number of carbonyl (C=O) groups is 1. The van der Waals surface area contributed by atoms with E-state index in [1.807, 2.05) is 35.2 Å². The van der Waals surface area contributed by atoms with Crippen LogP contribution in [0, 0.1) is 5.92 Å². The molecule has 1 aromatic heterocycles. The Morgan fingerprint density at radius 3 is 2.65 bits per heavy atom. The maximum atomic E-state index is 13.1. The molecule has 3 atom stereocenters. The molecule has 5 heteroatoms. The van der Waals surface area contributed by atoms with Gasteiger partial charge in [-0.15, -0.1) is 0 Å². The highest BCUT2D eigenvalue weighted by atomic mass is 16.3. The maximum absolute atomic E-state index is 13.1. The van der Waals surface area contributed by atoms with Gasteiger partial charge in [0.25, 0.3) is 5.91 Å². The number of nitrogen functional groups attached to an aromatic ring is 1. The Balaban J connectivity index is 1.64. The highest BCUT2D eigenvalue weighted by Gasteiger charge is 2.50. The molecule has 1 aromatic carbocycles. The highest BCUT2D eigenvalue weighted by Crippen LogP contribution is 2.47. The summed E-state index contributed by atoms with van der Waals surface area (Å²) in [6, 6.07) is 13.4. The quantitative estimate of drug-likeness (QED) is 0.872. The summed E-state index contributed by atoms with van der Waals surface area (Å²) in [6.45, 7) is 0.551. The van der Waals surface area contributed by atoms with Gasteiger partial charge in [-0.3, -0.25) is 4.79 Å². The molecule has 0 radical (unpaired) electrons. The number of hydrogen-bond acceptors (Lipinski definition) is 4. The molecule has 2 heterocycles. The predicted octanol–water partition coefficient (Wildman–Crippen LogP) is 2.96. The molecule has 0 unspecified atom stereocenters. The largest absolute Gasteiger partial charge is 0.385 e. The molecule has 1 saturated heterocycles. The molecule has 1 amide bonds. The third-order valence-electron chi connectivity index (χ3n) is 6.04. The van der Waals surface area contributed by atoms with E-state index in [0.29, 0.717) is 24.3 Å². The molecule has 0 bridgehead atoms. The number of pyridine rings is 1. The van der Waals surface area contributed by atoms with E-state index >= 15 is 0 Å². The van der Waals surface area contributed by atoms with Crippen LogP contribution in [-0.2, 0) is 5.60 Å². The van der Waals surface area contributed by atoms with Crippen LogP contribution < -0.4 is 5.73 Å². The lowest BCUT2D eigenvalue weighted by atomic mass is 9.66. The van der Waals surface area contributed by atoms with Gasteiger partial charge in [-0.05, 0) is 37.0 Å². The average molecular weight is 351 g/mol. The second-order valence-corrected chi connectivity index (χ2v) is 7.47. The van der Waals surface area contributed by atoms with Crippen molar-refractivity contribution in [3.8, 4) is 0 Å². The van der Waals surface area contributed by atoms with Gasteiger partial charge in [0.15, 0.2) is 0 Å². The maximum Gasteiger partial charge on any atom is 0.255 e. The topological polar surface area (TPSA) is 79.5 Å². The Morgan fingerprint density at radius 1 is 1.15 bits per heavy atom. The zero-order valence-corrected chi connectivity index (χ0v) is 14.8. The molecule has 3 N–H and O–H groups in total. The summed E-state index contributed by atoms with van der Waals surface area (Å²) >= 11 is 0. The zero-order valence-electron chi connectivity index (χ0n) is 14.8. The first-order chi connectivity index (χ1) is 12.6. The van der Waals surface area contributed by atoms with Crippen molar-refractivity contribution in [1.29, 1.82) is 0 Å². The minimum absolute atomic E-state index is 0.00971. The third kappa shape index (κ3) is 2.86. The van der Waals surface area contributed by atoms with Crippen LogP contribution in [0.25, 0.3) is 0 Å². The molecule has 2 fully saturated rings. The third-order valence-corrected chi connectivity index (χ3v) is 6.04. The summed E-state index contributed by atoms with van der Waals surface area (Å²) in [4.78, 5) is 19.1. The highest BCUT2D eigenvalue weighted by molar-refractivity contribution is 5.94. The fourth-order valence-electron chi connectivity index (χ4n) is 4.72. The van der Waals surface area contributed by atoms with E-state index in [9.17, 15) is 9.90 Å². The van der Waals surface area contributed by atoms with Gasteiger partial charge in [0.1, 0.15) is 5.82 Å². The van der Waals surface area contributed by atoms with E-state index in [1.54, 1.807) is 18.3 Å². The molecule has 5 nitrogen and oxygen atoms in total. The Bertz CT molecular complexity index is 778. The van der Waals surface area contributed by atoms with Crippen molar-refractivity contribution in [3.63, 3.8) is 0 Å². The van der Waals surface area contributed by atoms with Crippen LogP contribution in [0.2, 0.25) is 0 Å². The van der Waals surface area contributed by atoms with Crippen molar-refractivity contribution in [2.24, 2.45) is 5.92 Å². The van der Waals surface area contributed by atoms with Crippen molar-refractivity contribution < 1.29 is 9.90 Å². The van der Waals surface area contributed by atoms with E-state index in [0.717, 1.165) is 31.2 Å². The number of aliphatic hydroxyl groups is 1. The normalized spacial score (nSPS) is 28.4. The molecule has 26 heavy (non-hydrogen) atoms. The fourth-order valence-corrected chi connectivity index (χ4v) is 4.72. The first-order valence-electron chi connectivity index (χ1n) is 9.40. The lowest BCUT2D eigenvalue weighted by Crippen LogP contribution is -2.59. The van der Waals surface area contributed by atoms with Gasteiger partial charge < -0.3 is 15.7 Å². The molecule has 4 rings (SSSR count). The summed E-state index contributed by atoms with van der Waals surface area (Å²) in [6.07, 6.45) is 6.19. The molecule has 1 saturated carbocycles. The number of nitrogens with zero attached hydrogens (tertiary/aromatic N) is 2. The van der Waals surface area contributed by atoms with Crippen LogP contribution in [0.4, 0.5) is 5.82 Å². The van der Waals surface area contributed by atoms with Gasteiger partial charge in [-0.1, -0.05) is 43.2 Å². The molecular formula is C21H25N3O2. The van der Waals surface area contributed by atoms with Gasteiger partial charge in [-0.25, -0.2) is 4.98 Å². The van der Waals surface area contributed by atoms with Crippen molar-refractivity contribution in [3.05, 3.63) is 59.8 Å². The van der Waals surface area contributed by atoms with E-state index in [4.69, 9.17) is 5.73 Å². The summed E-state index contributed by atoms with van der Waals surface area (Å²) in [5.74, 6) is 0.469. The number of benzene rings is 1. The second kappa shape index (κ2) is 6.72. The van der Waals surface area contributed by atoms with Crippen LogP contribution in [0.15, 0.2) is 48.7 Å². The van der Waals surface area contributed by atoms with E-state index in [-0.39, 0.29) is 17.9 Å². The van der Waals surface area contributed by atoms with Gasteiger partial charge in [0, 0.05) is 24.7 Å². The molecule has 136 valence electrons. The molecule has 2 aliphatic rings. The Hall–Kier alpha value is -2.40. The van der Waals surface area contributed by atoms with Crippen molar-refractivity contribution >= 4 is 11.7 Å². The smallest absolute Gasteiger partial charge is 0.255 e. The molecule has 0 spiro atoms. The summed E-state index contributed by atoms with van der Waals surface area (Å²) in [5.41, 5.74) is 6.32. The van der Waals surface area contributed by atoms with Gasteiger partial charge in [0.05, 0.1) is 11.2 Å². The van der Waals surface area contributed by atoms with Crippen molar-refractivity contribution in [1.82, 2.24) is 9.88 Å². The minimum atomic E-state index is -0.859. The van der Waals surface area contributed by atoms with E-state index < -0.39 is 5.60 Å². The Morgan fingerprint density at radius 2 is 1.92 bits per heavy atom. The minimum Gasteiger partial charge on any atom is -0.385 e. The van der Waals surface area contributed by atoms with Gasteiger partial charge in [-0.2, -0.15) is 0 Å². The molecule has 2 aromatic rings. The lowest BCUT2D eigenvalue weighted by molar-refractivity contribution is -0.110. The van der Waals surface area contributed by atoms with Crippen molar-refractivity contribution in [2.75, 3.05) is 12.3 Å². The summed E-state index contributed by atoms with van der Waals surface area (Å²) in [5, 5.41) is 11.6. The fraction of sp³-hybridized carbons (Fsp3) is 0.429. The van der Waals surface area contributed by atoms with Crippen molar-refractivity contribution in [2.45, 2.75) is 43.7 Å². The van der Waals surface area contributed by atoms with Crippen LogP contribution in [0.3, 0.4) is 0 Å². The van der Waals surface area contributed by atoms with Crippen LogP contribution in [0.5, 0.6) is 0 Å². The summed E-state index contributed by atoms with van der Waals surface area (Å²) < 4.78 is 0. The second-order valence-electron chi connectivity index (χ2n) is 7.47. The number of piperidine rings is 1. The van der Waals surface area contributed by atoms with Crippen LogP contribution in [-0.4, -0.2) is 33.5 Å². The predicted molar refractivity (Wildman–Crippen MR) is 100 cm³/mol. The number of aromatic nitrogens is 1. The molecular weight excluding hydrogens is 326 g/mol. The van der Waals surface area contributed by atoms with Crippen LogP contribution >= 0.6 is 0 Å². The number of nitrogens with two attached hydrogens (primary N) is 1. The number of anilines is 1. The Kier molecular flexibility index (Phi) is 4.41. The first-order valence-corrected chi connectivity index (χ1v) is 9.40. The number of hydrogen-bond donors (Lipinski definition) is 2. The van der Waals surface area contributed by atoms with E-state index in [2.05, 4.69) is 4.98 Å². The van der Waals surface area contributed by atoms with E-state index in [1.165, 1.54) is 0 Å².